The zero-order valence-electron chi connectivity index (χ0n) is 16.3. The molecule has 1 N–H and O–H groups in total. The molecule has 27 heavy (non-hydrogen) atoms. The number of allylic oxidation sites excluding steroid dienone is 1. The molecule has 5 heteroatoms. The van der Waals surface area contributed by atoms with E-state index in [0.29, 0.717) is 6.04 Å². The molecule has 1 aliphatic carbocycles. The smallest absolute Gasteiger partial charge is 0.142 e. The monoisotopic (exact) mass is 361 g/mol. The van der Waals surface area contributed by atoms with E-state index >= 15 is 0 Å². The molecule has 1 heterocycles. The summed E-state index contributed by atoms with van der Waals surface area (Å²) in [5.74, 6) is 0.836. The van der Waals surface area contributed by atoms with Gasteiger partial charge in [0.1, 0.15) is 5.82 Å². The molecule has 5 nitrogen and oxygen atoms in total. The predicted octanol–water partition coefficient (Wildman–Crippen LogP) is 4.81. The molecule has 3 rings (SSSR count). The molecule has 0 saturated heterocycles. The van der Waals surface area contributed by atoms with Crippen LogP contribution < -0.4 is 9.80 Å². The molecule has 1 fully saturated rings. The van der Waals surface area contributed by atoms with E-state index in [0.717, 1.165) is 46.9 Å². The highest BCUT2D eigenvalue weighted by molar-refractivity contribution is 5.70. The second kappa shape index (κ2) is 8.08. The summed E-state index contributed by atoms with van der Waals surface area (Å²) in [6.07, 6.45) is 7.64. The standard InChI is InChI=1S/C22H27N5/c1-6-17-15-24-23-13-12-21(18-8-7-9-20(14-18)26(4)5)25-22(17)27(16(2)3)19-10-11-19/h6-9,12-15,19,23H,1-2,10-11H2,3-5H3. The van der Waals surface area contributed by atoms with Crippen molar-refractivity contribution in [2.75, 3.05) is 23.9 Å². The van der Waals surface area contributed by atoms with E-state index in [1.807, 2.05) is 33.2 Å². The van der Waals surface area contributed by atoms with Crippen LogP contribution in [0, 0.1) is 0 Å². The molecular weight excluding hydrogens is 334 g/mol. The third-order valence-electron chi connectivity index (χ3n) is 4.51. The lowest BCUT2D eigenvalue weighted by Gasteiger charge is -2.24. The van der Waals surface area contributed by atoms with Crippen molar-refractivity contribution in [3.8, 4) is 11.3 Å². The van der Waals surface area contributed by atoms with Crippen LogP contribution in [0.3, 0.4) is 0 Å². The first-order chi connectivity index (χ1) is 13.0. The van der Waals surface area contributed by atoms with E-state index in [4.69, 9.17) is 4.98 Å². The van der Waals surface area contributed by atoms with E-state index in [1.165, 1.54) is 0 Å². The Morgan fingerprint density at radius 3 is 2.67 bits per heavy atom. The number of rotatable bonds is 6. The third kappa shape index (κ3) is 4.37. The van der Waals surface area contributed by atoms with Crippen LogP contribution in [-0.2, 0) is 0 Å². The number of aromatic amines is 1. The van der Waals surface area contributed by atoms with Crippen molar-refractivity contribution >= 4 is 17.6 Å². The fraction of sp³-hybridized carbons (Fsp3) is 0.273. The third-order valence-corrected chi connectivity index (χ3v) is 4.51. The van der Waals surface area contributed by atoms with Gasteiger partial charge in [0.05, 0.1) is 11.9 Å². The molecule has 1 aromatic carbocycles. The Bertz CT molecular complexity index is 891. The second-order valence-electron chi connectivity index (χ2n) is 6.98. The maximum Gasteiger partial charge on any atom is 0.142 e. The quantitative estimate of drug-likeness (QED) is 0.802. The van der Waals surface area contributed by atoms with Crippen molar-refractivity contribution in [2.45, 2.75) is 25.8 Å². The van der Waals surface area contributed by atoms with E-state index in [1.54, 1.807) is 18.5 Å². The minimum atomic E-state index is 0.441. The molecule has 0 bridgehead atoms. The maximum absolute atomic E-state index is 5.05. The molecule has 0 atom stereocenters. The topological polar surface area (TPSA) is 48.1 Å². The van der Waals surface area contributed by atoms with Crippen molar-refractivity contribution < 1.29 is 0 Å². The van der Waals surface area contributed by atoms with Crippen molar-refractivity contribution in [3.05, 3.63) is 67.1 Å². The van der Waals surface area contributed by atoms with E-state index < -0.39 is 0 Å². The zero-order chi connectivity index (χ0) is 19.4. The summed E-state index contributed by atoms with van der Waals surface area (Å²) in [7, 11) is 4.07. The van der Waals surface area contributed by atoms with E-state index in [-0.39, 0.29) is 0 Å². The lowest BCUT2D eigenvalue weighted by molar-refractivity contribution is 0.887. The molecule has 0 radical (unpaired) electrons. The van der Waals surface area contributed by atoms with Gasteiger partial charge in [-0.1, -0.05) is 31.4 Å². The van der Waals surface area contributed by atoms with Crippen molar-refractivity contribution in [3.63, 3.8) is 0 Å². The van der Waals surface area contributed by atoms with Crippen LogP contribution in [0.5, 0.6) is 0 Å². The lowest BCUT2D eigenvalue weighted by Crippen LogP contribution is -2.24. The first kappa shape index (κ1) is 18.7. The maximum atomic E-state index is 5.05. The Morgan fingerprint density at radius 2 is 2.04 bits per heavy atom. The summed E-state index contributed by atoms with van der Waals surface area (Å²) in [6.45, 7) is 10.2. The van der Waals surface area contributed by atoms with Gasteiger partial charge in [-0.3, -0.25) is 5.10 Å². The van der Waals surface area contributed by atoms with Gasteiger partial charge in [-0.15, -0.1) is 0 Å². The summed E-state index contributed by atoms with van der Waals surface area (Å²) in [4.78, 5) is 9.35. The summed E-state index contributed by atoms with van der Waals surface area (Å²) < 4.78 is 0. The van der Waals surface area contributed by atoms with Crippen LogP contribution >= 0.6 is 0 Å². The first-order valence-corrected chi connectivity index (χ1v) is 9.14. The lowest BCUT2D eigenvalue weighted by atomic mass is 10.1. The number of anilines is 2. The number of nitrogens with zero attached hydrogens (tertiary/aromatic N) is 4. The van der Waals surface area contributed by atoms with Gasteiger partial charge in [0.2, 0.25) is 0 Å². The van der Waals surface area contributed by atoms with Gasteiger partial charge in [-0.2, -0.15) is 5.10 Å². The van der Waals surface area contributed by atoms with Gasteiger partial charge in [-0.05, 0) is 38.0 Å². The van der Waals surface area contributed by atoms with Crippen LogP contribution in [-0.4, -0.2) is 35.3 Å². The largest absolute Gasteiger partial charge is 0.378 e. The number of H-pyrrole nitrogens is 1. The number of hydrogen-bond acceptors (Lipinski definition) is 4. The van der Waals surface area contributed by atoms with Crippen molar-refractivity contribution in [2.24, 2.45) is 0 Å². The average Bonchev–Trinajstić information content (AvgIpc) is 3.46. The van der Waals surface area contributed by atoms with Gasteiger partial charge >= 0.3 is 0 Å². The van der Waals surface area contributed by atoms with Crippen LogP contribution in [0.15, 0.2) is 61.6 Å². The minimum Gasteiger partial charge on any atom is -0.378 e. The Hall–Kier alpha value is -3.08. The number of hydrogen-bond donors (Lipinski definition) is 1. The Morgan fingerprint density at radius 1 is 1.26 bits per heavy atom. The number of aromatic nitrogens is 3. The molecule has 1 aliphatic rings. The Balaban J connectivity index is 2.25. The van der Waals surface area contributed by atoms with Gasteiger partial charge in [0.25, 0.3) is 0 Å². The Kier molecular flexibility index (Phi) is 5.60. The molecule has 2 aromatic rings. The fourth-order valence-corrected chi connectivity index (χ4v) is 2.98. The molecule has 1 aromatic heterocycles. The molecule has 0 unspecified atom stereocenters. The highest BCUT2D eigenvalue weighted by Gasteiger charge is 2.31. The second-order valence-corrected chi connectivity index (χ2v) is 6.98. The average molecular weight is 361 g/mol. The van der Waals surface area contributed by atoms with Gasteiger partial charge in [0, 0.05) is 48.8 Å². The fourth-order valence-electron chi connectivity index (χ4n) is 2.98. The van der Waals surface area contributed by atoms with Crippen LogP contribution in [0.1, 0.15) is 25.3 Å². The van der Waals surface area contributed by atoms with Gasteiger partial charge < -0.3 is 9.80 Å². The SMILES string of the molecule is C=Cc1cn[nH]ccc(-c2cccc(N(C)C)c2)nc1N(C(=C)C)C1CC1. The summed E-state index contributed by atoms with van der Waals surface area (Å²) in [5.41, 5.74) is 4.86. The van der Waals surface area contributed by atoms with Crippen LogP contribution in [0.4, 0.5) is 11.5 Å². The van der Waals surface area contributed by atoms with Gasteiger partial charge in [0.15, 0.2) is 0 Å². The zero-order valence-corrected chi connectivity index (χ0v) is 16.3. The molecule has 0 spiro atoms. The molecule has 1 saturated carbocycles. The molecular formula is C22H27N5. The van der Waals surface area contributed by atoms with E-state index in [2.05, 4.69) is 51.4 Å². The minimum absolute atomic E-state index is 0.441. The van der Waals surface area contributed by atoms with Crippen molar-refractivity contribution in [1.82, 2.24) is 15.2 Å². The normalized spacial score (nSPS) is 12.9. The van der Waals surface area contributed by atoms with Crippen molar-refractivity contribution in [1.29, 1.82) is 0 Å². The number of nitrogens with one attached hydrogen (secondary N) is 1. The predicted molar refractivity (Wildman–Crippen MR) is 114 cm³/mol. The summed E-state index contributed by atoms with van der Waals surface area (Å²) >= 11 is 0. The van der Waals surface area contributed by atoms with Crippen LogP contribution in [0.25, 0.3) is 17.3 Å². The summed E-state index contributed by atoms with van der Waals surface area (Å²) in [6, 6.07) is 10.7. The molecule has 0 aliphatic heterocycles. The highest BCUT2D eigenvalue weighted by atomic mass is 15.2. The first-order valence-electron chi connectivity index (χ1n) is 9.14. The van der Waals surface area contributed by atoms with Gasteiger partial charge in [-0.25, -0.2) is 4.98 Å². The summed E-state index contributed by atoms with van der Waals surface area (Å²) in [5, 5.41) is 7.20. The highest BCUT2D eigenvalue weighted by Crippen LogP contribution is 2.35. The van der Waals surface area contributed by atoms with E-state index in [9.17, 15) is 0 Å². The molecule has 0 amide bonds. The molecule has 140 valence electrons. The Labute approximate surface area is 161 Å². The number of benzene rings is 1. The van der Waals surface area contributed by atoms with Crippen LogP contribution in [0.2, 0.25) is 0 Å².